The monoisotopic (exact) mass is 403 g/mol. The van der Waals surface area contributed by atoms with E-state index in [0.29, 0.717) is 6.04 Å². The summed E-state index contributed by atoms with van der Waals surface area (Å²) in [6.45, 7) is 5.05. The van der Waals surface area contributed by atoms with Crippen molar-refractivity contribution in [3.63, 3.8) is 0 Å². The van der Waals surface area contributed by atoms with Gasteiger partial charge in [-0.15, -0.1) is 24.0 Å². The van der Waals surface area contributed by atoms with E-state index in [1.165, 1.54) is 11.3 Å². The van der Waals surface area contributed by atoms with Gasteiger partial charge >= 0.3 is 0 Å². The van der Waals surface area contributed by atoms with Crippen LogP contribution in [-0.2, 0) is 13.5 Å². The summed E-state index contributed by atoms with van der Waals surface area (Å²) in [4.78, 5) is 4.28. The molecule has 0 fully saturated rings. The molecule has 0 aliphatic heterocycles. The highest BCUT2D eigenvalue weighted by atomic mass is 127. The Balaban J connectivity index is 0.00000220. The molecule has 1 aromatic rings. The zero-order valence-corrected chi connectivity index (χ0v) is 15.6. The van der Waals surface area contributed by atoms with Crippen LogP contribution in [0.25, 0.3) is 0 Å². The summed E-state index contributed by atoms with van der Waals surface area (Å²) in [6.07, 6.45) is 7.57. The Morgan fingerprint density at radius 1 is 1.38 bits per heavy atom. The van der Waals surface area contributed by atoms with Gasteiger partial charge in [0.15, 0.2) is 5.96 Å². The largest absolute Gasteiger partial charge is 0.356 e. The number of hydrogen-bond acceptors (Lipinski definition) is 2. The predicted octanol–water partition coefficient (Wildman–Crippen LogP) is 2.08. The van der Waals surface area contributed by atoms with Gasteiger partial charge in [0.25, 0.3) is 0 Å². The Labute approximate surface area is 144 Å². The fourth-order valence-electron chi connectivity index (χ4n) is 2.61. The number of hydrogen-bond donors (Lipinski definition) is 2. The van der Waals surface area contributed by atoms with Crippen molar-refractivity contribution in [2.45, 2.75) is 39.2 Å². The number of rotatable bonds is 4. The van der Waals surface area contributed by atoms with Gasteiger partial charge in [0.1, 0.15) is 0 Å². The number of nitrogens with one attached hydrogen (secondary N) is 2. The second-order valence-corrected chi connectivity index (χ2v) is 5.31. The minimum Gasteiger partial charge on any atom is -0.356 e. The third kappa shape index (κ3) is 4.72. The molecule has 0 spiro atoms. The van der Waals surface area contributed by atoms with Gasteiger partial charge in [-0.3, -0.25) is 9.67 Å². The molecule has 1 aliphatic carbocycles. The van der Waals surface area contributed by atoms with Crippen molar-refractivity contribution in [1.82, 2.24) is 20.4 Å². The number of guanidine groups is 1. The quantitative estimate of drug-likeness (QED) is 0.350. The number of halogens is 1. The Bertz CT molecular complexity index is 510. The SMILES string of the molecule is CN=C(NCCc1c(C)nn(C)c1C)NC1CC=CC1.I. The topological polar surface area (TPSA) is 54.2 Å². The van der Waals surface area contributed by atoms with Crippen LogP contribution >= 0.6 is 24.0 Å². The van der Waals surface area contributed by atoms with Crippen molar-refractivity contribution in [3.05, 3.63) is 29.1 Å². The normalized spacial score (nSPS) is 15.1. The molecule has 0 amide bonds. The lowest BCUT2D eigenvalue weighted by Crippen LogP contribution is -2.43. The van der Waals surface area contributed by atoms with Crippen LogP contribution in [0.5, 0.6) is 0 Å². The van der Waals surface area contributed by atoms with E-state index in [0.717, 1.165) is 37.5 Å². The smallest absolute Gasteiger partial charge is 0.191 e. The van der Waals surface area contributed by atoms with Crippen molar-refractivity contribution in [2.24, 2.45) is 12.0 Å². The average molecular weight is 403 g/mol. The predicted molar refractivity (Wildman–Crippen MR) is 98.5 cm³/mol. The van der Waals surface area contributed by atoms with E-state index in [1.807, 2.05) is 18.8 Å². The first-order valence-corrected chi connectivity index (χ1v) is 7.23. The molecule has 1 aromatic heterocycles. The molecule has 21 heavy (non-hydrogen) atoms. The molecule has 1 aliphatic rings. The molecule has 2 rings (SSSR count). The molecule has 6 heteroatoms. The van der Waals surface area contributed by atoms with Gasteiger partial charge in [-0.1, -0.05) is 12.2 Å². The molecule has 0 aromatic carbocycles. The highest BCUT2D eigenvalue weighted by molar-refractivity contribution is 14.0. The molecule has 118 valence electrons. The molecule has 0 saturated carbocycles. The fraction of sp³-hybridized carbons (Fsp3) is 0.600. The van der Waals surface area contributed by atoms with Crippen LogP contribution in [0, 0.1) is 13.8 Å². The molecule has 0 unspecified atom stereocenters. The maximum atomic E-state index is 4.45. The standard InChI is InChI=1S/C15H25N5.HI/c1-11-14(12(2)20(4)19-11)9-10-17-15(16-3)18-13-7-5-6-8-13;/h5-6,13H,7-10H2,1-4H3,(H2,16,17,18);1H. The zero-order valence-electron chi connectivity index (χ0n) is 13.3. The Hall–Kier alpha value is -1.05. The number of aromatic nitrogens is 2. The van der Waals surface area contributed by atoms with Crippen LogP contribution in [0.15, 0.2) is 17.1 Å². The highest BCUT2D eigenvalue weighted by Crippen LogP contribution is 2.12. The molecule has 0 radical (unpaired) electrons. The number of aliphatic imine (C=N–C) groups is 1. The van der Waals surface area contributed by atoms with E-state index in [-0.39, 0.29) is 24.0 Å². The van der Waals surface area contributed by atoms with Crippen molar-refractivity contribution in [1.29, 1.82) is 0 Å². The second-order valence-electron chi connectivity index (χ2n) is 5.31. The molecular weight excluding hydrogens is 377 g/mol. The zero-order chi connectivity index (χ0) is 14.5. The van der Waals surface area contributed by atoms with Crippen LogP contribution < -0.4 is 10.6 Å². The Morgan fingerprint density at radius 2 is 2.05 bits per heavy atom. The lowest BCUT2D eigenvalue weighted by molar-refractivity contribution is 0.632. The maximum Gasteiger partial charge on any atom is 0.191 e. The van der Waals surface area contributed by atoms with Gasteiger partial charge in [0, 0.05) is 32.4 Å². The molecule has 2 N–H and O–H groups in total. The Morgan fingerprint density at radius 3 is 2.57 bits per heavy atom. The minimum atomic E-state index is 0. The van der Waals surface area contributed by atoms with Crippen LogP contribution in [0.1, 0.15) is 29.8 Å². The molecule has 5 nitrogen and oxygen atoms in total. The van der Waals surface area contributed by atoms with E-state index in [2.05, 4.69) is 46.7 Å². The van der Waals surface area contributed by atoms with Crippen LogP contribution in [0.2, 0.25) is 0 Å². The second kappa shape index (κ2) is 8.41. The Kier molecular flexibility index (Phi) is 7.21. The van der Waals surface area contributed by atoms with Crippen LogP contribution in [-0.4, -0.2) is 35.4 Å². The summed E-state index contributed by atoms with van der Waals surface area (Å²) in [7, 11) is 3.81. The van der Waals surface area contributed by atoms with Gasteiger partial charge in [-0.2, -0.15) is 5.10 Å². The van der Waals surface area contributed by atoms with E-state index >= 15 is 0 Å². The molecule has 0 atom stereocenters. The lowest BCUT2D eigenvalue weighted by atomic mass is 10.1. The summed E-state index contributed by atoms with van der Waals surface area (Å²) in [5.41, 5.74) is 3.69. The van der Waals surface area contributed by atoms with Gasteiger partial charge in [-0.25, -0.2) is 0 Å². The third-order valence-electron chi connectivity index (χ3n) is 3.90. The average Bonchev–Trinajstić information content (AvgIpc) is 3.01. The van der Waals surface area contributed by atoms with Crippen molar-refractivity contribution in [3.8, 4) is 0 Å². The van der Waals surface area contributed by atoms with Crippen LogP contribution in [0.4, 0.5) is 0 Å². The van der Waals surface area contributed by atoms with E-state index in [4.69, 9.17) is 0 Å². The third-order valence-corrected chi connectivity index (χ3v) is 3.90. The van der Waals surface area contributed by atoms with Gasteiger partial charge in [-0.05, 0) is 38.7 Å². The summed E-state index contributed by atoms with van der Waals surface area (Å²) in [6, 6.07) is 0.489. The minimum absolute atomic E-state index is 0. The summed E-state index contributed by atoms with van der Waals surface area (Å²) in [5.74, 6) is 0.887. The molecule has 0 saturated heterocycles. The van der Waals surface area contributed by atoms with Gasteiger partial charge in [0.2, 0.25) is 0 Å². The highest BCUT2D eigenvalue weighted by Gasteiger charge is 2.12. The summed E-state index contributed by atoms with van der Waals surface area (Å²) >= 11 is 0. The first-order chi connectivity index (χ1) is 9.61. The molecule has 0 bridgehead atoms. The van der Waals surface area contributed by atoms with E-state index < -0.39 is 0 Å². The number of nitrogens with zero attached hydrogens (tertiary/aromatic N) is 3. The van der Waals surface area contributed by atoms with Crippen LogP contribution in [0.3, 0.4) is 0 Å². The summed E-state index contributed by atoms with van der Waals surface area (Å²) < 4.78 is 1.95. The van der Waals surface area contributed by atoms with Crippen molar-refractivity contribution in [2.75, 3.05) is 13.6 Å². The first kappa shape index (κ1) is 18.0. The lowest BCUT2D eigenvalue weighted by Gasteiger charge is -2.16. The van der Waals surface area contributed by atoms with E-state index in [9.17, 15) is 0 Å². The van der Waals surface area contributed by atoms with Crippen molar-refractivity contribution < 1.29 is 0 Å². The maximum absolute atomic E-state index is 4.45. The van der Waals surface area contributed by atoms with Gasteiger partial charge < -0.3 is 10.6 Å². The fourth-order valence-corrected chi connectivity index (χ4v) is 2.61. The first-order valence-electron chi connectivity index (χ1n) is 7.23. The molecular formula is C15H26IN5. The summed E-state index contributed by atoms with van der Waals surface area (Å²) in [5, 5.41) is 11.3. The number of aryl methyl sites for hydroxylation is 2. The van der Waals surface area contributed by atoms with Gasteiger partial charge in [0.05, 0.1) is 5.69 Å². The molecule has 1 heterocycles. The van der Waals surface area contributed by atoms with E-state index in [1.54, 1.807) is 0 Å². The van der Waals surface area contributed by atoms with Crippen molar-refractivity contribution >= 4 is 29.9 Å².